The van der Waals surface area contributed by atoms with Gasteiger partial charge in [-0.05, 0) is 25.1 Å². The highest BCUT2D eigenvalue weighted by Gasteiger charge is 2.11. The Morgan fingerprint density at radius 3 is 2.71 bits per heavy atom. The van der Waals surface area contributed by atoms with Crippen molar-refractivity contribution in [3.05, 3.63) is 29.3 Å². The molecule has 1 aromatic rings. The lowest BCUT2D eigenvalue weighted by Crippen LogP contribution is -2.32. The zero-order valence-electron chi connectivity index (χ0n) is 10.4. The minimum absolute atomic E-state index is 0.0343. The van der Waals surface area contributed by atoms with E-state index in [0.29, 0.717) is 24.3 Å². The zero-order valence-corrected chi connectivity index (χ0v) is 10.4. The quantitative estimate of drug-likeness (QED) is 0.573. The summed E-state index contributed by atoms with van der Waals surface area (Å²) in [5, 5.41) is 8.86. The van der Waals surface area contributed by atoms with Crippen molar-refractivity contribution < 1.29 is 9.90 Å². The highest BCUT2D eigenvalue weighted by Crippen LogP contribution is 2.13. The van der Waals surface area contributed by atoms with Crippen LogP contribution in [0.5, 0.6) is 0 Å². The molecule has 0 aliphatic heterocycles. The monoisotopic (exact) mass is 236 g/mol. The molecule has 0 saturated carbocycles. The van der Waals surface area contributed by atoms with Gasteiger partial charge >= 0.3 is 0 Å². The van der Waals surface area contributed by atoms with Crippen molar-refractivity contribution in [2.75, 3.05) is 32.0 Å². The zero-order chi connectivity index (χ0) is 12.8. The fourth-order valence-electron chi connectivity index (χ4n) is 1.60. The molecule has 0 aromatic heterocycles. The molecular weight excluding hydrogens is 216 g/mol. The third-order valence-electron chi connectivity index (χ3n) is 2.83. The van der Waals surface area contributed by atoms with Gasteiger partial charge in [0, 0.05) is 17.8 Å². The number of anilines is 1. The number of aryl methyl sites for hydroxylation is 1. The Labute approximate surface area is 102 Å². The topological polar surface area (TPSA) is 66.6 Å². The number of nitrogens with two attached hydrogens (primary N) is 1. The number of hydrogen-bond acceptors (Lipinski definition) is 4. The maximum Gasteiger partial charge on any atom is 0.176 e. The molecule has 0 heterocycles. The summed E-state index contributed by atoms with van der Waals surface area (Å²) in [7, 11) is 0. The molecule has 0 bridgehead atoms. The Hall–Kier alpha value is -1.39. The van der Waals surface area contributed by atoms with Gasteiger partial charge in [0.1, 0.15) is 0 Å². The number of rotatable bonds is 6. The third-order valence-corrected chi connectivity index (χ3v) is 2.83. The minimum atomic E-state index is 0.0343. The van der Waals surface area contributed by atoms with Gasteiger partial charge in [-0.25, -0.2) is 0 Å². The summed E-state index contributed by atoms with van der Waals surface area (Å²) in [6, 6.07) is 5.36. The molecule has 4 heteroatoms. The van der Waals surface area contributed by atoms with Gasteiger partial charge in [0.25, 0.3) is 0 Å². The summed E-state index contributed by atoms with van der Waals surface area (Å²) in [5.41, 5.74) is 8.02. The molecule has 0 aliphatic rings. The summed E-state index contributed by atoms with van der Waals surface area (Å²) in [6.07, 6.45) is 0. The van der Waals surface area contributed by atoms with Crippen LogP contribution >= 0.6 is 0 Å². The van der Waals surface area contributed by atoms with Crippen molar-refractivity contribution in [3.63, 3.8) is 0 Å². The Morgan fingerprint density at radius 2 is 2.18 bits per heavy atom. The molecule has 3 N–H and O–H groups in total. The second-order valence-electron chi connectivity index (χ2n) is 4.09. The number of nitrogens with zero attached hydrogens (tertiary/aromatic N) is 1. The van der Waals surface area contributed by atoms with Crippen molar-refractivity contribution in [2.24, 2.45) is 0 Å². The second kappa shape index (κ2) is 6.37. The number of aliphatic hydroxyl groups excluding tert-OH is 1. The molecular formula is C13H20N2O2. The van der Waals surface area contributed by atoms with Gasteiger partial charge in [-0.3, -0.25) is 9.69 Å². The largest absolute Gasteiger partial charge is 0.398 e. The lowest BCUT2D eigenvalue weighted by atomic mass is 10.1. The Balaban J connectivity index is 2.72. The smallest absolute Gasteiger partial charge is 0.176 e. The first-order valence-corrected chi connectivity index (χ1v) is 5.81. The molecule has 0 saturated heterocycles. The minimum Gasteiger partial charge on any atom is -0.398 e. The van der Waals surface area contributed by atoms with E-state index >= 15 is 0 Å². The van der Waals surface area contributed by atoms with Crippen molar-refractivity contribution in [1.29, 1.82) is 0 Å². The number of ketones is 1. The number of aliphatic hydroxyl groups is 1. The van der Waals surface area contributed by atoms with Gasteiger partial charge < -0.3 is 10.8 Å². The van der Waals surface area contributed by atoms with Crippen LogP contribution in [-0.2, 0) is 0 Å². The maximum atomic E-state index is 12.0. The molecule has 0 amide bonds. The van der Waals surface area contributed by atoms with Gasteiger partial charge in [0.05, 0.1) is 13.2 Å². The maximum absolute atomic E-state index is 12.0. The van der Waals surface area contributed by atoms with E-state index < -0.39 is 0 Å². The molecule has 0 unspecified atom stereocenters. The average molecular weight is 236 g/mol. The van der Waals surface area contributed by atoms with Crippen LogP contribution in [0.25, 0.3) is 0 Å². The van der Waals surface area contributed by atoms with Crippen LogP contribution in [-0.4, -0.2) is 42.0 Å². The molecule has 0 radical (unpaired) electrons. The van der Waals surface area contributed by atoms with Crippen molar-refractivity contribution >= 4 is 11.5 Å². The SMILES string of the molecule is CCN(CCO)CC(=O)c1ccc(C)c(N)c1. The molecule has 1 rings (SSSR count). The first-order chi connectivity index (χ1) is 8.08. The lowest BCUT2D eigenvalue weighted by Gasteiger charge is -2.18. The number of nitrogen functional groups attached to an aromatic ring is 1. The van der Waals surface area contributed by atoms with Crippen LogP contribution < -0.4 is 5.73 Å². The summed E-state index contributed by atoms with van der Waals surface area (Å²) >= 11 is 0. The van der Waals surface area contributed by atoms with Crippen molar-refractivity contribution in [1.82, 2.24) is 4.90 Å². The fraction of sp³-hybridized carbons (Fsp3) is 0.462. The average Bonchev–Trinajstić information content (AvgIpc) is 2.31. The second-order valence-corrected chi connectivity index (χ2v) is 4.09. The Kier molecular flexibility index (Phi) is 5.12. The Morgan fingerprint density at radius 1 is 1.47 bits per heavy atom. The molecule has 94 valence electrons. The number of hydrogen-bond donors (Lipinski definition) is 2. The van der Waals surface area contributed by atoms with Crippen LogP contribution in [0.4, 0.5) is 5.69 Å². The molecule has 0 atom stereocenters. The molecule has 17 heavy (non-hydrogen) atoms. The van der Waals surface area contributed by atoms with Crippen LogP contribution in [0.2, 0.25) is 0 Å². The third kappa shape index (κ3) is 3.84. The number of likely N-dealkylation sites (N-methyl/N-ethyl adjacent to an activating group) is 1. The normalized spacial score (nSPS) is 10.8. The molecule has 4 nitrogen and oxygen atoms in total. The first-order valence-electron chi connectivity index (χ1n) is 5.81. The Bertz CT molecular complexity index is 391. The number of Topliss-reactive ketones (excluding diaryl/α,β-unsaturated/α-hetero) is 1. The van der Waals surface area contributed by atoms with Gasteiger partial charge in [-0.1, -0.05) is 19.1 Å². The number of benzene rings is 1. The predicted molar refractivity (Wildman–Crippen MR) is 69.1 cm³/mol. The molecule has 0 fully saturated rings. The van der Waals surface area contributed by atoms with Gasteiger partial charge in [-0.15, -0.1) is 0 Å². The van der Waals surface area contributed by atoms with Crippen molar-refractivity contribution in [3.8, 4) is 0 Å². The summed E-state index contributed by atoms with van der Waals surface area (Å²) in [5.74, 6) is 0.0343. The fourth-order valence-corrected chi connectivity index (χ4v) is 1.60. The van der Waals surface area contributed by atoms with E-state index in [1.165, 1.54) is 0 Å². The van der Waals surface area contributed by atoms with Gasteiger partial charge in [0.2, 0.25) is 0 Å². The lowest BCUT2D eigenvalue weighted by molar-refractivity contribution is 0.0919. The molecule has 0 aliphatic carbocycles. The van der Waals surface area contributed by atoms with Gasteiger partial charge in [0.15, 0.2) is 5.78 Å². The van der Waals surface area contributed by atoms with E-state index in [9.17, 15) is 4.79 Å². The van der Waals surface area contributed by atoms with E-state index in [0.717, 1.165) is 12.1 Å². The number of carbonyl (C=O) groups excluding carboxylic acids is 1. The first kappa shape index (κ1) is 13.7. The summed E-state index contributed by atoms with van der Waals surface area (Å²) in [4.78, 5) is 13.9. The molecule has 0 spiro atoms. The van der Waals surface area contributed by atoms with E-state index in [2.05, 4.69) is 0 Å². The van der Waals surface area contributed by atoms with E-state index in [-0.39, 0.29) is 12.4 Å². The summed E-state index contributed by atoms with van der Waals surface area (Å²) < 4.78 is 0. The van der Waals surface area contributed by atoms with Crippen LogP contribution in [0.3, 0.4) is 0 Å². The highest BCUT2D eigenvalue weighted by atomic mass is 16.3. The molecule has 1 aromatic carbocycles. The standard InChI is InChI=1S/C13H20N2O2/c1-3-15(6-7-16)9-13(17)11-5-4-10(2)12(14)8-11/h4-5,8,16H,3,6-7,9,14H2,1-2H3. The van der Waals surface area contributed by atoms with E-state index in [4.69, 9.17) is 10.8 Å². The van der Waals surface area contributed by atoms with E-state index in [1.807, 2.05) is 24.8 Å². The van der Waals surface area contributed by atoms with Crippen LogP contribution in [0, 0.1) is 6.92 Å². The van der Waals surface area contributed by atoms with Crippen LogP contribution in [0.15, 0.2) is 18.2 Å². The van der Waals surface area contributed by atoms with Crippen molar-refractivity contribution in [2.45, 2.75) is 13.8 Å². The van der Waals surface area contributed by atoms with Gasteiger partial charge in [-0.2, -0.15) is 0 Å². The summed E-state index contributed by atoms with van der Waals surface area (Å²) in [6.45, 7) is 5.52. The predicted octanol–water partition coefficient (Wildman–Crippen LogP) is 1.07. The number of carbonyl (C=O) groups is 1. The van der Waals surface area contributed by atoms with E-state index in [1.54, 1.807) is 12.1 Å². The van der Waals surface area contributed by atoms with Crippen LogP contribution in [0.1, 0.15) is 22.8 Å². The highest BCUT2D eigenvalue weighted by molar-refractivity contribution is 5.98.